The molecule has 1 aliphatic carbocycles. The normalized spacial score (nSPS) is 13.5. The van der Waals surface area contributed by atoms with Crippen molar-refractivity contribution < 1.29 is 0 Å². The number of hydrogen-bond acceptors (Lipinski definition) is 6. The molecule has 59 heavy (non-hydrogen) atoms. The van der Waals surface area contributed by atoms with Gasteiger partial charge in [0.05, 0.1) is 22.8 Å². The van der Waals surface area contributed by atoms with Crippen molar-refractivity contribution in [1.29, 1.82) is 10.5 Å². The second-order valence-electron chi connectivity index (χ2n) is 14.8. The van der Waals surface area contributed by atoms with Crippen molar-refractivity contribution in [2.45, 2.75) is 44.4 Å². The Morgan fingerprint density at radius 3 is 1.36 bits per heavy atom. The molecule has 0 bridgehead atoms. The van der Waals surface area contributed by atoms with Crippen molar-refractivity contribution in [1.82, 2.24) is 19.9 Å². The molecule has 0 atom stereocenters. The van der Waals surface area contributed by atoms with Crippen LogP contribution in [0.3, 0.4) is 0 Å². The monoisotopic (exact) mass is 762 g/mol. The third-order valence-electron chi connectivity index (χ3n) is 11.2. The fraction of sp³-hybridized carbons (Fsp3) is 0.132. The first kappa shape index (κ1) is 38.3. The molecule has 8 rings (SSSR count). The van der Waals surface area contributed by atoms with Crippen LogP contribution < -0.4 is 0 Å². The second kappa shape index (κ2) is 17.3. The third kappa shape index (κ3) is 7.77. The Hall–Kier alpha value is -7.54. The maximum absolute atomic E-state index is 10.6. The van der Waals surface area contributed by atoms with Crippen LogP contribution in [0.4, 0.5) is 0 Å². The van der Waals surface area contributed by atoms with E-state index in [-0.39, 0.29) is 5.41 Å². The zero-order chi connectivity index (χ0) is 40.6. The van der Waals surface area contributed by atoms with E-state index in [1.54, 1.807) is 0 Å². The van der Waals surface area contributed by atoms with Gasteiger partial charge in [-0.1, -0.05) is 190 Å². The van der Waals surface area contributed by atoms with E-state index >= 15 is 0 Å². The summed E-state index contributed by atoms with van der Waals surface area (Å²) in [6.07, 6.45) is 13.1. The first-order chi connectivity index (χ1) is 29.0. The number of rotatable bonds is 10. The summed E-state index contributed by atoms with van der Waals surface area (Å²) in [5, 5.41) is 21.1. The summed E-state index contributed by atoms with van der Waals surface area (Å²) in [7, 11) is 0. The number of nitrogens with zero attached hydrogens (tertiary/aromatic N) is 6. The van der Waals surface area contributed by atoms with E-state index in [0.29, 0.717) is 51.1 Å². The molecule has 284 valence electrons. The quantitative estimate of drug-likeness (QED) is 0.129. The SMILES string of the molecule is C=C(/C=C\C=C/C)c1nc(-c2ccccc2)c(C#N)c(-c2ccc(C3(c4ccc(-c5nc(-c6ccccc6)nc(-c6ccccc6)c5C#N)cc4)CCCCC3)cc2)n1. The van der Waals surface area contributed by atoms with Gasteiger partial charge in [-0.05, 0) is 30.9 Å². The van der Waals surface area contributed by atoms with Crippen molar-refractivity contribution in [3.8, 4) is 68.6 Å². The third-order valence-corrected chi connectivity index (χ3v) is 11.2. The summed E-state index contributed by atoms with van der Waals surface area (Å²) < 4.78 is 0. The zero-order valence-electron chi connectivity index (χ0n) is 33.0. The second-order valence-corrected chi connectivity index (χ2v) is 14.8. The van der Waals surface area contributed by atoms with Crippen molar-refractivity contribution in [3.05, 3.63) is 198 Å². The molecule has 1 saturated carbocycles. The van der Waals surface area contributed by atoms with Crippen LogP contribution in [0.1, 0.15) is 67.1 Å². The molecule has 0 saturated heterocycles. The Morgan fingerprint density at radius 1 is 0.525 bits per heavy atom. The van der Waals surface area contributed by atoms with Crippen LogP contribution in [0.2, 0.25) is 0 Å². The van der Waals surface area contributed by atoms with Gasteiger partial charge >= 0.3 is 0 Å². The topological polar surface area (TPSA) is 99.1 Å². The highest BCUT2D eigenvalue weighted by atomic mass is 14.9. The summed E-state index contributed by atoms with van der Waals surface area (Å²) in [4.78, 5) is 19.8. The van der Waals surface area contributed by atoms with E-state index < -0.39 is 0 Å². The summed E-state index contributed by atoms with van der Waals surface area (Å²) in [6, 6.07) is 51.7. The molecule has 0 N–H and O–H groups in total. The number of allylic oxidation sites excluding steroid dienone is 5. The summed E-state index contributed by atoms with van der Waals surface area (Å²) in [5.41, 5.74) is 10.5. The number of nitriles is 2. The molecule has 2 heterocycles. The van der Waals surface area contributed by atoms with E-state index in [1.807, 2.05) is 122 Å². The number of aromatic nitrogens is 4. The largest absolute Gasteiger partial charge is 0.227 e. The van der Waals surface area contributed by atoms with Crippen LogP contribution in [0.25, 0.3) is 62.0 Å². The minimum Gasteiger partial charge on any atom is -0.227 e. The molecule has 7 aromatic rings. The fourth-order valence-corrected chi connectivity index (χ4v) is 8.17. The van der Waals surface area contributed by atoms with E-state index in [0.717, 1.165) is 53.5 Å². The fourth-order valence-electron chi connectivity index (χ4n) is 8.17. The molecule has 1 fully saturated rings. The van der Waals surface area contributed by atoms with E-state index in [1.165, 1.54) is 17.5 Å². The van der Waals surface area contributed by atoms with Gasteiger partial charge in [0.2, 0.25) is 0 Å². The molecular weight excluding hydrogens is 721 g/mol. The van der Waals surface area contributed by atoms with Gasteiger partial charge in [-0.15, -0.1) is 0 Å². The van der Waals surface area contributed by atoms with Gasteiger partial charge in [0.25, 0.3) is 0 Å². The Kier molecular flexibility index (Phi) is 11.2. The molecule has 0 aliphatic heterocycles. The molecule has 5 aromatic carbocycles. The minimum atomic E-state index is -0.209. The summed E-state index contributed by atoms with van der Waals surface area (Å²) in [6.45, 7) is 6.22. The first-order valence-corrected chi connectivity index (χ1v) is 20.0. The van der Waals surface area contributed by atoms with E-state index in [2.05, 4.69) is 67.2 Å². The van der Waals surface area contributed by atoms with Gasteiger partial charge in [0, 0.05) is 38.8 Å². The highest BCUT2D eigenvalue weighted by Gasteiger charge is 2.36. The van der Waals surface area contributed by atoms with Gasteiger partial charge in [-0.2, -0.15) is 10.5 Å². The molecule has 0 unspecified atom stereocenters. The summed E-state index contributed by atoms with van der Waals surface area (Å²) >= 11 is 0. The Morgan fingerprint density at radius 2 is 0.932 bits per heavy atom. The van der Waals surface area contributed by atoms with Crippen molar-refractivity contribution >= 4 is 5.57 Å². The lowest BCUT2D eigenvalue weighted by molar-refractivity contribution is 0.346. The molecule has 6 heteroatoms. The highest BCUT2D eigenvalue weighted by molar-refractivity contribution is 5.82. The van der Waals surface area contributed by atoms with Gasteiger partial charge in [0.1, 0.15) is 23.3 Å². The average molecular weight is 763 g/mol. The van der Waals surface area contributed by atoms with Crippen LogP contribution in [0, 0.1) is 22.7 Å². The van der Waals surface area contributed by atoms with Crippen LogP contribution >= 0.6 is 0 Å². The number of benzene rings is 5. The average Bonchev–Trinajstić information content (AvgIpc) is 3.32. The van der Waals surface area contributed by atoms with Crippen LogP contribution in [-0.4, -0.2) is 19.9 Å². The predicted octanol–water partition coefficient (Wildman–Crippen LogP) is 12.7. The van der Waals surface area contributed by atoms with Crippen LogP contribution in [0.15, 0.2) is 170 Å². The predicted molar refractivity (Wildman–Crippen MR) is 238 cm³/mol. The van der Waals surface area contributed by atoms with Gasteiger partial charge in [-0.3, -0.25) is 0 Å². The van der Waals surface area contributed by atoms with Gasteiger partial charge in [-0.25, -0.2) is 19.9 Å². The van der Waals surface area contributed by atoms with Crippen molar-refractivity contribution in [3.63, 3.8) is 0 Å². The molecule has 6 nitrogen and oxygen atoms in total. The molecule has 0 radical (unpaired) electrons. The van der Waals surface area contributed by atoms with Crippen LogP contribution in [0.5, 0.6) is 0 Å². The molecular formula is C53H42N6. The Balaban J connectivity index is 1.20. The maximum Gasteiger partial charge on any atom is 0.160 e. The molecule has 0 amide bonds. The molecule has 0 spiro atoms. The Bertz CT molecular complexity index is 2750. The Labute approximate surface area is 346 Å². The van der Waals surface area contributed by atoms with Gasteiger partial charge in [0.15, 0.2) is 11.6 Å². The maximum atomic E-state index is 10.6. The minimum absolute atomic E-state index is 0.209. The van der Waals surface area contributed by atoms with Gasteiger partial charge < -0.3 is 0 Å². The number of hydrogen-bond donors (Lipinski definition) is 0. The lowest BCUT2D eigenvalue weighted by Gasteiger charge is -2.39. The van der Waals surface area contributed by atoms with Crippen LogP contribution in [-0.2, 0) is 5.41 Å². The zero-order valence-corrected chi connectivity index (χ0v) is 33.0. The first-order valence-electron chi connectivity index (χ1n) is 20.0. The lowest BCUT2D eigenvalue weighted by Crippen LogP contribution is -2.30. The highest BCUT2D eigenvalue weighted by Crippen LogP contribution is 2.46. The lowest BCUT2D eigenvalue weighted by atomic mass is 9.65. The summed E-state index contributed by atoms with van der Waals surface area (Å²) in [5.74, 6) is 1.05. The molecule has 2 aromatic heterocycles. The molecule has 1 aliphatic rings. The smallest absolute Gasteiger partial charge is 0.160 e. The standard InChI is InChI=1S/C53H42N6/c1-3-4-9-18-37(2)51-56-47(38-19-10-5-11-20-38)45(35-54)49(57-51)40-25-29-43(30-26-40)53(33-16-8-17-34-53)44-31-27-41(28-32-44)50-46(36-55)48(39-21-12-6-13-22-39)58-52(59-50)42-23-14-7-15-24-42/h3-7,9-15,18-32H,2,8,16-17,33-34H2,1H3/b4-3-,18-9-. The van der Waals surface area contributed by atoms with Crippen molar-refractivity contribution in [2.75, 3.05) is 0 Å². The van der Waals surface area contributed by atoms with E-state index in [9.17, 15) is 10.5 Å². The van der Waals surface area contributed by atoms with E-state index in [4.69, 9.17) is 19.9 Å². The van der Waals surface area contributed by atoms with Crippen molar-refractivity contribution in [2.24, 2.45) is 0 Å².